The van der Waals surface area contributed by atoms with Crippen LogP contribution in [0.5, 0.6) is 0 Å². The summed E-state index contributed by atoms with van der Waals surface area (Å²) in [5.74, 6) is 0.581. The van der Waals surface area contributed by atoms with Gasteiger partial charge in [0.2, 0.25) is 0 Å². The number of nitrogens with one attached hydrogen (secondary N) is 1. The van der Waals surface area contributed by atoms with Crippen molar-refractivity contribution in [3.8, 4) is 22.3 Å². The van der Waals surface area contributed by atoms with Gasteiger partial charge in [-0.3, -0.25) is 4.98 Å². The van der Waals surface area contributed by atoms with E-state index >= 15 is 0 Å². The minimum absolute atomic E-state index is 0.581. The van der Waals surface area contributed by atoms with Crippen molar-refractivity contribution in [1.82, 2.24) is 9.97 Å². The van der Waals surface area contributed by atoms with Gasteiger partial charge in [0.05, 0.1) is 0 Å². The predicted molar refractivity (Wildman–Crippen MR) is 105 cm³/mol. The van der Waals surface area contributed by atoms with E-state index in [1.807, 2.05) is 18.5 Å². The van der Waals surface area contributed by atoms with E-state index in [1.165, 1.54) is 16.8 Å². The van der Waals surface area contributed by atoms with Gasteiger partial charge in [-0.05, 0) is 41.1 Å². The number of hydrogen-bond donors (Lipinski definition) is 2. The van der Waals surface area contributed by atoms with E-state index in [9.17, 15) is 0 Å². The largest absolute Gasteiger partial charge is 0.384 e. The first-order valence-electron chi connectivity index (χ1n) is 8.24. The highest BCUT2D eigenvalue weighted by atomic mass is 32.1. The first-order chi connectivity index (χ1) is 12.3. The molecule has 1 aromatic carbocycles. The fourth-order valence-electron chi connectivity index (χ4n) is 3.48. The lowest BCUT2D eigenvalue weighted by Crippen LogP contribution is -1.93. The molecule has 4 nitrogen and oxygen atoms in total. The Balaban J connectivity index is 1.73. The summed E-state index contributed by atoms with van der Waals surface area (Å²) in [4.78, 5) is 8.69. The molecule has 0 unspecified atom stereocenters. The first-order valence-corrected chi connectivity index (χ1v) is 9.12. The average Bonchev–Trinajstić information content (AvgIpc) is 3.29. The van der Waals surface area contributed by atoms with Gasteiger partial charge in [0, 0.05) is 57.6 Å². The number of pyridine rings is 2. The van der Waals surface area contributed by atoms with Crippen molar-refractivity contribution in [2.24, 2.45) is 0 Å². The number of anilines is 2. The number of hydrogen-bond acceptors (Lipinski definition) is 5. The van der Waals surface area contributed by atoms with Crippen molar-refractivity contribution in [1.29, 1.82) is 0 Å². The van der Waals surface area contributed by atoms with Gasteiger partial charge in [-0.15, -0.1) is 11.3 Å². The number of fused-ring (bicyclic) bond motifs is 2. The van der Waals surface area contributed by atoms with Crippen molar-refractivity contribution in [2.45, 2.75) is 6.42 Å². The van der Waals surface area contributed by atoms with Crippen molar-refractivity contribution in [2.75, 3.05) is 17.6 Å². The van der Waals surface area contributed by atoms with E-state index in [-0.39, 0.29) is 0 Å². The SMILES string of the molecule is Nc1ncc(-c2cccnc2)c2scc(-c3ccc4c(c3)CCN4)c12. The quantitative estimate of drug-likeness (QED) is 0.559. The second-order valence-electron chi connectivity index (χ2n) is 6.20. The molecule has 0 amide bonds. The normalized spacial score (nSPS) is 13.0. The zero-order chi connectivity index (χ0) is 16.8. The van der Waals surface area contributed by atoms with Crippen molar-refractivity contribution < 1.29 is 0 Å². The van der Waals surface area contributed by atoms with Gasteiger partial charge in [0.15, 0.2) is 0 Å². The highest BCUT2D eigenvalue weighted by molar-refractivity contribution is 7.18. The topological polar surface area (TPSA) is 63.8 Å². The monoisotopic (exact) mass is 344 g/mol. The minimum atomic E-state index is 0.581. The average molecular weight is 344 g/mol. The van der Waals surface area contributed by atoms with Crippen molar-refractivity contribution in [3.63, 3.8) is 0 Å². The lowest BCUT2D eigenvalue weighted by molar-refractivity contribution is 1.11. The number of nitrogens with zero attached hydrogens (tertiary/aromatic N) is 2. The van der Waals surface area contributed by atoms with Crippen LogP contribution < -0.4 is 11.1 Å². The maximum atomic E-state index is 6.27. The van der Waals surface area contributed by atoms with Gasteiger partial charge in [-0.1, -0.05) is 12.1 Å². The molecule has 4 aromatic rings. The summed E-state index contributed by atoms with van der Waals surface area (Å²) in [6, 6.07) is 10.6. The summed E-state index contributed by atoms with van der Waals surface area (Å²) in [5, 5.41) is 6.64. The van der Waals surface area contributed by atoms with Gasteiger partial charge in [0.25, 0.3) is 0 Å². The molecule has 0 bridgehead atoms. The number of nitrogens with two attached hydrogens (primary N) is 1. The molecule has 5 heteroatoms. The zero-order valence-corrected chi connectivity index (χ0v) is 14.3. The fourth-order valence-corrected chi connectivity index (χ4v) is 4.60. The van der Waals surface area contributed by atoms with Crippen molar-refractivity contribution >= 4 is 32.9 Å². The molecule has 0 spiro atoms. The Labute approximate surface area is 149 Å². The second kappa shape index (κ2) is 5.57. The molecule has 0 radical (unpaired) electrons. The molecule has 0 saturated heterocycles. The van der Waals surface area contributed by atoms with Gasteiger partial charge in [-0.25, -0.2) is 4.98 Å². The van der Waals surface area contributed by atoms with E-state index in [0.717, 1.165) is 39.7 Å². The summed E-state index contributed by atoms with van der Waals surface area (Å²) in [6.07, 6.45) is 6.57. The Morgan fingerprint density at radius 3 is 2.92 bits per heavy atom. The van der Waals surface area contributed by atoms with E-state index in [1.54, 1.807) is 17.5 Å². The molecule has 3 aromatic heterocycles. The smallest absolute Gasteiger partial charge is 0.132 e. The Hall–Kier alpha value is -2.92. The maximum absolute atomic E-state index is 6.27. The van der Waals surface area contributed by atoms with Gasteiger partial charge in [0.1, 0.15) is 5.82 Å². The van der Waals surface area contributed by atoms with Crippen molar-refractivity contribution in [3.05, 3.63) is 59.9 Å². The van der Waals surface area contributed by atoms with E-state index in [2.05, 4.69) is 44.9 Å². The van der Waals surface area contributed by atoms with Gasteiger partial charge < -0.3 is 11.1 Å². The molecule has 0 aliphatic carbocycles. The second-order valence-corrected chi connectivity index (χ2v) is 7.08. The molecule has 0 saturated carbocycles. The number of thiophene rings is 1. The lowest BCUT2D eigenvalue weighted by Gasteiger charge is -2.08. The number of rotatable bonds is 2. The van der Waals surface area contributed by atoms with Crippen LogP contribution in [0.2, 0.25) is 0 Å². The molecule has 122 valence electrons. The van der Waals surface area contributed by atoms with E-state index in [4.69, 9.17) is 5.73 Å². The molecule has 4 heterocycles. The predicted octanol–water partition coefficient (Wildman–Crippen LogP) is 4.58. The molecule has 1 aliphatic heterocycles. The highest BCUT2D eigenvalue weighted by Gasteiger charge is 2.17. The Bertz CT molecular complexity index is 1090. The Morgan fingerprint density at radius 1 is 1.08 bits per heavy atom. The van der Waals surface area contributed by atoms with Gasteiger partial charge >= 0.3 is 0 Å². The van der Waals surface area contributed by atoms with Crippen LogP contribution in [-0.4, -0.2) is 16.5 Å². The third-order valence-corrected chi connectivity index (χ3v) is 5.74. The zero-order valence-electron chi connectivity index (χ0n) is 13.5. The van der Waals surface area contributed by atoms with Crippen LogP contribution in [0, 0.1) is 0 Å². The number of benzene rings is 1. The lowest BCUT2D eigenvalue weighted by atomic mass is 10.00. The highest BCUT2D eigenvalue weighted by Crippen LogP contribution is 2.42. The molecule has 0 fully saturated rings. The molecule has 3 N–H and O–H groups in total. The summed E-state index contributed by atoms with van der Waals surface area (Å²) in [6.45, 7) is 1.01. The van der Waals surface area contributed by atoms with Crippen LogP contribution in [0.4, 0.5) is 11.5 Å². The molecule has 25 heavy (non-hydrogen) atoms. The standard InChI is InChI=1S/C20H16N4S/c21-20-18-16(12-3-4-17-13(8-12)5-7-23-17)11-25-19(18)15(10-24-20)14-2-1-6-22-9-14/h1-4,6,8-11,23H,5,7H2,(H2,21,24). The molecule has 0 atom stereocenters. The summed E-state index contributed by atoms with van der Waals surface area (Å²) in [5.41, 5.74) is 13.4. The van der Waals surface area contributed by atoms with Crippen LogP contribution in [0.25, 0.3) is 32.3 Å². The maximum Gasteiger partial charge on any atom is 0.132 e. The van der Waals surface area contributed by atoms with Crippen LogP contribution in [0.1, 0.15) is 5.56 Å². The van der Waals surface area contributed by atoms with Crippen LogP contribution in [0.15, 0.2) is 54.3 Å². The molecule has 5 rings (SSSR count). The summed E-state index contributed by atoms with van der Waals surface area (Å²) in [7, 11) is 0. The van der Waals surface area contributed by atoms with Crippen LogP contribution >= 0.6 is 11.3 Å². The minimum Gasteiger partial charge on any atom is -0.384 e. The first kappa shape index (κ1) is 14.4. The summed E-state index contributed by atoms with van der Waals surface area (Å²) < 4.78 is 1.16. The third-order valence-electron chi connectivity index (χ3n) is 4.72. The summed E-state index contributed by atoms with van der Waals surface area (Å²) >= 11 is 1.71. The fraction of sp³-hybridized carbons (Fsp3) is 0.100. The molecular formula is C20H16N4S. The Kier molecular flexibility index (Phi) is 3.21. The number of aromatic nitrogens is 2. The van der Waals surface area contributed by atoms with E-state index < -0.39 is 0 Å². The van der Waals surface area contributed by atoms with E-state index in [0.29, 0.717) is 5.82 Å². The van der Waals surface area contributed by atoms with Crippen LogP contribution in [0.3, 0.4) is 0 Å². The molecule has 1 aliphatic rings. The molecular weight excluding hydrogens is 328 g/mol. The van der Waals surface area contributed by atoms with Gasteiger partial charge in [-0.2, -0.15) is 0 Å². The Morgan fingerprint density at radius 2 is 2.04 bits per heavy atom. The number of nitrogen functional groups attached to an aromatic ring is 1. The third kappa shape index (κ3) is 2.27. The van der Waals surface area contributed by atoms with Crippen LogP contribution in [-0.2, 0) is 6.42 Å².